The number of fused-ring (bicyclic) bond motifs is 1. The predicted octanol–water partition coefficient (Wildman–Crippen LogP) is 1.19. The monoisotopic (exact) mass is 517 g/mol. The number of amides is 4. The van der Waals surface area contributed by atoms with Crippen molar-refractivity contribution >= 4 is 23.6 Å². The summed E-state index contributed by atoms with van der Waals surface area (Å²) in [6, 6.07) is -2.29. The van der Waals surface area contributed by atoms with Crippen LogP contribution in [0.2, 0.25) is 0 Å². The lowest BCUT2D eigenvalue weighted by molar-refractivity contribution is -0.176. The Bertz CT molecular complexity index is 1000. The Labute approximate surface area is 206 Å². The van der Waals surface area contributed by atoms with Gasteiger partial charge in [-0.15, -0.1) is 0 Å². The average molecular weight is 518 g/mol. The predicted molar refractivity (Wildman–Crippen MR) is 117 cm³/mol. The van der Waals surface area contributed by atoms with Crippen LogP contribution >= 0.6 is 0 Å². The minimum absolute atomic E-state index is 0.0236. The van der Waals surface area contributed by atoms with Crippen molar-refractivity contribution in [3.8, 4) is 6.07 Å². The van der Waals surface area contributed by atoms with Crippen molar-refractivity contribution in [3.63, 3.8) is 0 Å². The molecule has 6 atom stereocenters. The van der Waals surface area contributed by atoms with E-state index < -0.39 is 76.9 Å². The number of carbonyl (C=O) groups excluding carboxylic acids is 4. The maximum atomic E-state index is 15.7. The van der Waals surface area contributed by atoms with E-state index in [1.165, 1.54) is 20.8 Å². The highest BCUT2D eigenvalue weighted by molar-refractivity contribution is 5.95. The van der Waals surface area contributed by atoms with Crippen LogP contribution in [-0.2, 0) is 19.2 Å². The standard InChI is InChI=1S/C23H31F4N5O4/c1-20(2,3)15(31-19(36)23(25,26)27)18(35)32-10-22(24)14(21(22,4)5)13(32)17(34)30-12(9-28)8-11-6-7-29-16(11)33/h11-15H,6-8,10H2,1-5H3,(H,29,33)(H,30,34)(H,31,36)/t11-,12-,13-,14?,15+,22?/m0/s1. The molecule has 9 nitrogen and oxygen atoms in total. The lowest BCUT2D eigenvalue weighted by Gasteiger charge is -2.37. The fourth-order valence-corrected chi connectivity index (χ4v) is 5.41. The number of nitrogens with zero attached hydrogens (tertiary/aromatic N) is 2. The molecule has 0 aromatic heterocycles. The smallest absolute Gasteiger partial charge is 0.356 e. The summed E-state index contributed by atoms with van der Waals surface area (Å²) in [5.74, 6) is -5.88. The fraction of sp³-hybridized carbons (Fsp3) is 0.783. The first-order valence-corrected chi connectivity index (χ1v) is 11.7. The zero-order valence-electron chi connectivity index (χ0n) is 20.8. The van der Waals surface area contributed by atoms with Gasteiger partial charge in [-0.25, -0.2) is 4.39 Å². The zero-order valence-corrected chi connectivity index (χ0v) is 20.8. The molecular formula is C23H31F4N5O4. The topological polar surface area (TPSA) is 131 Å². The minimum atomic E-state index is -5.25. The highest BCUT2D eigenvalue weighted by Crippen LogP contribution is 2.70. The normalized spacial score (nSPS) is 30.5. The number of halogens is 4. The van der Waals surface area contributed by atoms with Gasteiger partial charge in [-0.1, -0.05) is 34.6 Å². The first-order valence-electron chi connectivity index (χ1n) is 11.7. The number of piperidine rings is 1. The van der Waals surface area contributed by atoms with Crippen LogP contribution in [0, 0.1) is 34.0 Å². The molecular weight excluding hydrogens is 486 g/mol. The van der Waals surface area contributed by atoms with Gasteiger partial charge < -0.3 is 20.9 Å². The summed E-state index contributed by atoms with van der Waals surface area (Å²) in [6.07, 6.45) is -4.74. The Morgan fingerprint density at radius 3 is 2.31 bits per heavy atom. The van der Waals surface area contributed by atoms with Crippen LogP contribution in [-0.4, -0.2) is 71.6 Å². The van der Waals surface area contributed by atoms with Gasteiger partial charge in [-0.3, -0.25) is 19.2 Å². The minimum Gasteiger partial charge on any atom is -0.356 e. The molecule has 3 rings (SSSR count). The van der Waals surface area contributed by atoms with Gasteiger partial charge in [0.05, 0.1) is 12.6 Å². The van der Waals surface area contributed by atoms with E-state index in [-0.39, 0.29) is 12.3 Å². The number of nitrogens with one attached hydrogen (secondary N) is 3. The SMILES string of the molecule is CC(C)(C)[C@H](NC(=O)C(F)(F)F)C(=O)N1CC2(F)C([C@H]1C(=O)N[C@H](C#N)C[C@@H]1CCNC1=O)C2(C)C. The summed E-state index contributed by atoms with van der Waals surface area (Å²) in [5, 5.41) is 16.4. The van der Waals surface area contributed by atoms with Gasteiger partial charge in [0, 0.05) is 23.8 Å². The maximum Gasteiger partial charge on any atom is 0.471 e. The van der Waals surface area contributed by atoms with E-state index in [1.807, 2.05) is 6.07 Å². The van der Waals surface area contributed by atoms with E-state index in [0.717, 1.165) is 4.90 Å². The van der Waals surface area contributed by atoms with Crippen molar-refractivity contribution in [2.24, 2.45) is 22.7 Å². The second-order valence-corrected chi connectivity index (χ2v) is 11.4. The summed E-state index contributed by atoms with van der Waals surface area (Å²) in [4.78, 5) is 51.1. The van der Waals surface area contributed by atoms with Gasteiger partial charge in [0.15, 0.2) is 0 Å². The summed E-state index contributed by atoms with van der Waals surface area (Å²) < 4.78 is 54.5. The van der Waals surface area contributed by atoms with Gasteiger partial charge in [-0.05, 0) is 18.3 Å². The molecule has 200 valence electrons. The van der Waals surface area contributed by atoms with E-state index >= 15 is 4.39 Å². The summed E-state index contributed by atoms with van der Waals surface area (Å²) in [7, 11) is 0. The molecule has 2 unspecified atom stereocenters. The Morgan fingerprint density at radius 2 is 1.83 bits per heavy atom. The molecule has 0 radical (unpaired) electrons. The van der Waals surface area contributed by atoms with Gasteiger partial charge in [-0.2, -0.15) is 18.4 Å². The van der Waals surface area contributed by atoms with Gasteiger partial charge in [0.2, 0.25) is 17.7 Å². The van der Waals surface area contributed by atoms with Crippen LogP contribution in [0.5, 0.6) is 0 Å². The molecule has 0 spiro atoms. The van der Waals surface area contributed by atoms with Crippen molar-refractivity contribution in [2.75, 3.05) is 13.1 Å². The third-order valence-electron chi connectivity index (χ3n) is 7.66. The number of alkyl halides is 4. The quantitative estimate of drug-likeness (QED) is 0.456. The number of carbonyl (C=O) groups is 4. The van der Waals surface area contributed by atoms with Gasteiger partial charge in [0.25, 0.3) is 0 Å². The van der Waals surface area contributed by atoms with Crippen LogP contribution in [0.15, 0.2) is 0 Å². The van der Waals surface area contributed by atoms with Crippen molar-refractivity contribution in [1.82, 2.24) is 20.9 Å². The number of nitriles is 1. The maximum absolute atomic E-state index is 15.7. The molecule has 3 N–H and O–H groups in total. The molecule has 2 heterocycles. The van der Waals surface area contributed by atoms with Gasteiger partial charge >= 0.3 is 12.1 Å². The van der Waals surface area contributed by atoms with Crippen LogP contribution in [0.3, 0.4) is 0 Å². The third kappa shape index (κ3) is 4.74. The molecule has 36 heavy (non-hydrogen) atoms. The van der Waals surface area contributed by atoms with Crippen LogP contribution in [0.25, 0.3) is 0 Å². The largest absolute Gasteiger partial charge is 0.471 e. The molecule has 3 fully saturated rings. The molecule has 13 heteroatoms. The molecule has 1 saturated carbocycles. The van der Waals surface area contributed by atoms with Crippen LogP contribution in [0.1, 0.15) is 47.5 Å². The molecule has 2 aliphatic heterocycles. The second kappa shape index (κ2) is 8.88. The molecule has 2 saturated heterocycles. The fourth-order valence-electron chi connectivity index (χ4n) is 5.41. The molecule has 1 aliphatic carbocycles. The average Bonchev–Trinajstić information content (AvgIpc) is 3.10. The second-order valence-electron chi connectivity index (χ2n) is 11.4. The molecule has 3 aliphatic rings. The Balaban J connectivity index is 1.86. The molecule has 0 bridgehead atoms. The number of hydrogen-bond donors (Lipinski definition) is 3. The molecule has 0 aromatic carbocycles. The highest BCUT2D eigenvalue weighted by atomic mass is 19.4. The van der Waals surface area contributed by atoms with Crippen molar-refractivity contribution in [1.29, 1.82) is 5.26 Å². The Hall–Kier alpha value is -2.91. The van der Waals surface area contributed by atoms with E-state index in [0.29, 0.717) is 13.0 Å². The number of likely N-dealkylation sites (tertiary alicyclic amines) is 1. The number of rotatable bonds is 6. The van der Waals surface area contributed by atoms with E-state index in [1.54, 1.807) is 19.2 Å². The van der Waals surface area contributed by atoms with Crippen molar-refractivity contribution < 1.29 is 36.7 Å². The Kier molecular flexibility index (Phi) is 6.83. The van der Waals surface area contributed by atoms with Crippen LogP contribution in [0.4, 0.5) is 17.6 Å². The summed E-state index contributed by atoms with van der Waals surface area (Å²) in [5.41, 5.74) is -4.16. The zero-order chi connectivity index (χ0) is 27.4. The Morgan fingerprint density at radius 1 is 1.22 bits per heavy atom. The summed E-state index contributed by atoms with van der Waals surface area (Å²) in [6.45, 7) is 7.37. The van der Waals surface area contributed by atoms with Crippen molar-refractivity contribution in [3.05, 3.63) is 0 Å². The summed E-state index contributed by atoms with van der Waals surface area (Å²) >= 11 is 0. The van der Waals surface area contributed by atoms with Crippen molar-refractivity contribution in [2.45, 2.75) is 77.4 Å². The van der Waals surface area contributed by atoms with Crippen LogP contribution < -0.4 is 16.0 Å². The lowest BCUT2D eigenvalue weighted by atomic mass is 9.85. The number of hydrogen-bond acceptors (Lipinski definition) is 5. The van der Waals surface area contributed by atoms with E-state index in [2.05, 4.69) is 10.6 Å². The third-order valence-corrected chi connectivity index (χ3v) is 7.66. The van der Waals surface area contributed by atoms with E-state index in [4.69, 9.17) is 0 Å². The van der Waals surface area contributed by atoms with Gasteiger partial charge in [0.1, 0.15) is 23.8 Å². The molecule has 4 amide bonds. The first kappa shape index (κ1) is 27.7. The molecule has 0 aromatic rings. The highest BCUT2D eigenvalue weighted by Gasteiger charge is 2.82. The lowest BCUT2D eigenvalue weighted by Crippen LogP contribution is -2.61. The van der Waals surface area contributed by atoms with E-state index in [9.17, 15) is 37.6 Å². The first-order chi connectivity index (χ1) is 16.4.